The Kier molecular flexibility index (Phi) is 6.13. The summed E-state index contributed by atoms with van der Waals surface area (Å²) in [5.74, 6) is 0.763. The average Bonchev–Trinajstić information content (AvgIpc) is 3.17. The van der Waals surface area contributed by atoms with Gasteiger partial charge in [0.25, 0.3) is 0 Å². The molecule has 0 aliphatic rings. The fourth-order valence-electron chi connectivity index (χ4n) is 2.76. The zero-order valence-corrected chi connectivity index (χ0v) is 18.1. The van der Waals surface area contributed by atoms with Crippen LogP contribution in [0.25, 0.3) is 16.7 Å². The van der Waals surface area contributed by atoms with Crippen molar-refractivity contribution < 1.29 is 9.53 Å². The molecule has 4 rings (SSSR count). The van der Waals surface area contributed by atoms with Gasteiger partial charge in [-0.15, -0.1) is 22.0 Å². The fraction of sp³-hybridized carbons (Fsp3) is 0.0952. The zero-order chi connectivity index (χ0) is 21.1. The molecular weight excluding hydrogens is 443 g/mol. The van der Waals surface area contributed by atoms with Crippen molar-refractivity contribution in [1.29, 1.82) is 0 Å². The highest BCUT2D eigenvalue weighted by Crippen LogP contribution is 2.27. The van der Waals surface area contributed by atoms with Gasteiger partial charge in [-0.1, -0.05) is 23.2 Å². The molecule has 0 bridgehead atoms. The summed E-state index contributed by atoms with van der Waals surface area (Å²) < 4.78 is 5.17. The van der Waals surface area contributed by atoms with Crippen LogP contribution in [0.5, 0.6) is 5.75 Å². The number of rotatable bonds is 6. The lowest BCUT2D eigenvalue weighted by Crippen LogP contribution is -2.13. The van der Waals surface area contributed by atoms with Crippen LogP contribution in [0.4, 0.5) is 5.69 Å². The second-order valence-electron chi connectivity index (χ2n) is 6.30. The standard InChI is InChI=1S/C21H16Cl2N4O2S/c1-29-20-9-5-15(11-17(20)23)27-25-18-8-4-14(10-19(18)26-27)24-21(28)12-30-16-6-2-13(22)3-7-16/h2-11H,12H2,1H3,(H,24,28). The van der Waals surface area contributed by atoms with Gasteiger partial charge in [0.05, 0.1) is 23.6 Å². The van der Waals surface area contributed by atoms with Gasteiger partial charge in [0.1, 0.15) is 16.8 Å². The quantitative estimate of drug-likeness (QED) is 0.388. The SMILES string of the molecule is COc1ccc(-n2nc3ccc(NC(=O)CSc4ccc(Cl)cc4)cc3n2)cc1Cl. The molecule has 0 aliphatic carbocycles. The molecule has 1 aromatic heterocycles. The second-order valence-corrected chi connectivity index (χ2v) is 8.19. The van der Waals surface area contributed by atoms with Gasteiger partial charge in [-0.25, -0.2) is 0 Å². The molecule has 0 spiro atoms. The lowest BCUT2D eigenvalue weighted by atomic mass is 10.3. The number of aromatic nitrogens is 3. The van der Waals surface area contributed by atoms with Gasteiger partial charge < -0.3 is 10.1 Å². The van der Waals surface area contributed by atoms with Crippen LogP contribution < -0.4 is 10.1 Å². The first-order chi connectivity index (χ1) is 14.5. The summed E-state index contributed by atoms with van der Waals surface area (Å²) in [6, 6.07) is 18.1. The Balaban J connectivity index is 1.46. The van der Waals surface area contributed by atoms with Crippen LogP contribution in [-0.2, 0) is 4.79 Å². The number of hydrogen-bond donors (Lipinski definition) is 1. The normalized spacial score (nSPS) is 10.9. The van der Waals surface area contributed by atoms with Gasteiger partial charge in [-0.05, 0) is 60.7 Å². The third-order valence-electron chi connectivity index (χ3n) is 4.21. The van der Waals surface area contributed by atoms with Crippen LogP contribution in [0.2, 0.25) is 10.0 Å². The third-order valence-corrected chi connectivity index (χ3v) is 5.77. The number of amides is 1. The highest BCUT2D eigenvalue weighted by molar-refractivity contribution is 8.00. The van der Waals surface area contributed by atoms with Crippen molar-refractivity contribution in [2.75, 3.05) is 18.2 Å². The lowest BCUT2D eigenvalue weighted by molar-refractivity contribution is -0.113. The predicted molar refractivity (Wildman–Crippen MR) is 121 cm³/mol. The molecule has 1 N–H and O–H groups in total. The molecule has 0 aliphatic heterocycles. The molecule has 0 fully saturated rings. The summed E-state index contributed by atoms with van der Waals surface area (Å²) in [4.78, 5) is 14.8. The number of ether oxygens (including phenoxy) is 1. The number of anilines is 1. The maximum Gasteiger partial charge on any atom is 0.234 e. The second kappa shape index (κ2) is 8.95. The number of hydrogen-bond acceptors (Lipinski definition) is 5. The minimum absolute atomic E-state index is 0.108. The van der Waals surface area contributed by atoms with Crippen molar-refractivity contribution in [3.8, 4) is 11.4 Å². The Morgan fingerprint density at radius 2 is 1.80 bits per heavy atom. The summed E-state index contributed by atoms with van der Waals surface area (Å²) in [5, 5.41) is 13.0. The first-order valence-electron chi connectivity index (χ1n) is 8.91. The minimum atomic E-state index is -0.108. The number of benzene rings is 3. The zero-order valence-electron chi connectivity index (χ0n) is 15.8. The number of carbonyl (C=O) groups is 1. The first-order valence-corrected chi connectivity index (χ1v) is 10.7. The van der Waals surface area contributed by atoms with Crippen LogP contribution in [0.1, 0.15) is 0 Å². The molecule has 0 atom stereocenters. The Labute approximate surface area is 187 Å². The summed E-state index contributed by atoms with van der Waals surface area (Å²) in [5.41, 5.74) is 2.73. The molecule has 152 valence electrons. The largest absolute Gasteiger partial charge is 0.495 e. The maximum atomic E-state index is 12.3. The van der Waals surface area contributed by atoms with Crippen molar-refractivity contribution in [2.24, 2.45) is 0 Å². The molecule has 3 aromatic carbocycles. The molecule has 1 amide bonds. The van der Waals surface area contributed by atoms with Crippen molar-refractivity contribution >= 4 is 57.6 Å². The van der Waals surface area contributed by atoms with E-state index in [2.05, 4.69) is 15.5 Å². The Morgan fingerprint density at radius 3 is 2.53 bits per heavy atom. The Hall–Kier alpha value is -2.74. The number of halogens is 2. The molecular formula is C21H16Cl2N4O2S. The highest BCUT2D eigenvalue weighted by Gasteiger charge is 2.10. The van der Waals surface area contributed by atoms with E-state index in [1.807, 2.05) is 24.3 Å². The Bertz CT molecular complexity index is 1210. The number of nitrogens with one attached hydrogen (secondary N) is 1. The Morgan fingerprint density at radius 1 is 1.03 bits per heavy atom. The maximum absolute atomic E-state index is 12.3. The molecule has 1 heterocycles. The lowest BCUT2D eigenvalue weighted by Gasteiger charge is -2.05. The first kappa shape index (κ1) is 20.5. The topological polar surface area (TPSA) is 69.0 Å². The average molecular weight is 459 g/mol. The van der Waals surface area contributed by atoms with Gasteiger partial charge in [0.2, 0.25) is 5.91 Å². The van der Waals surface area contributed by atoms with Gasteiger partial charge in [-0.3, -0.25) is 4.79 Å². The van der Waals surface area contributed by atoms with Crippen molar-refractivity contribution in [3.05, 3.63) is 70.7 Å². The van der Waals surface area contributed by atoms with E-state index in [1.54, 1.807) is 43.5 Å². The predicted octanol–water partition coefficient (Wildman–Crippen LogP) is 5.47. The van der Waals surface area contributed by atoms with E-state index < -0.39 is 0 Å². The monoisotopic (exact) mass is 458 g/mol. The van der Waals surface area contributed by atoms with Gasteiger partial charge in [0, 0.05) is 15.6 Å². The molecule has 0 radical (unpaired) electrons. The number of thioether (sulfide) groups is 1. The van der Waals surface area contributed by atoms with Crippen LogP contribution in [0.15, 0.2) is 65.6 Å². The summed E-state index contributed by atoms with van der Waals surface area (Å²) in [7, 11) is 1.56. The minimum Gasteiger partial charge on any atom is -0.495 e. The van der Waals surface area contributed by atoms with Crippen LogP contribution in [-0.4, -0.2) is 33.8 Å². The molecule has 4 aromatic rings. The molecule has 0 saturated heterocycles. The van der Waals surface area contributed by atoms with Crippen LogP contribution in [0, 0.1) is 0 Å². The van der Waals surface area contributed by atoms with E-state index in [4.69, 9.17) is 27.9 Å². The summed E-state index contributed by atoms with van der Waals surface area (Å²) in [6.45, 7) is 0. The molecule has 0 unspecified atom stereocenters. The summed E-state index contributed by atoms with van der Waals surface area (Å²) in [6.07, 6.45) is 0. The van der Waals surface area contributed by atoms with E-state index in [0.717, 1.165) is 4.90 Å². The van der Waals surface area contributed by atoms with Gasteiger partial charge in [-0.2, -0.15) is 4.80 Å². The molecule has 9 heteroatoms. The van der Waals surface area contributed by atoms with Crippen molar-refractivity contribution in [1.82, 2.24) is 15.0 Å². The van der Waals surface area contributed by atoms with Crippen molar-refractivity contribution in [2.45, 2.75) is 4.90 Å². The van der Waals surface area contributed by atoms with Gasteiger partial charge in [0.15, 0.2) is 0 Å². The van der Waals surface area contributed by atoms with Gasteiger partial charge >= 0.3 is 0 Å². The fourth-order valence-corrected chi connectivity index (χ4v) is 3.84. The number of carbonyl (C=O) groups excluding carboxylic acids is 1. The molecule has 30 heavy (non-hydrogen) atoms. The van der Waals surface area contributed by atoms with Crippen LogP contribution in [0.3, 0.4) is 0 Å². The molecule has 6 nitrogen and oxygen atoms in total. The summed E-state index contributed by atoms with van der Waals surface area (Å²) >= 11 is 13.5. The molecule has 0 saturated carbocycles. The van der Waals surface area contributed by atoms with Crippen molar-refractivity contribution in [3.63, 3.8) is 0 Å². The number of fused-ring (bicyclic) bond motifs is 1. The van der Waals surface area contributed by atoms with E-state index in [0.29, 0.717) is 38.2 Å². The smallest absolute Gasteiger partial charge is 0.234 e. The van der Waals surface area contributed by atoms with E-state index in [1.165, 1.54) is 16.6 Å². The number of methoxy groups -OCH3 is 1. The third kappa shape index (κ3) is 4.70. The van der Waals surface area contributed by atoms with E-state index in [9.17, 15) is 4.79 Å². The number of nitrogens with zero attached hydrogens (tertiary/aromatic N) is 3. The van der Waals surface area contributed by atoms with E-state index in [-0.39, 0.29) is 11.7 Å². The van der Waals surface area contributed by atoms with Crippen LogP contribution >= 0.6 is 35.0 Å². The van der Waals surface area contributed by atoms with E-state index >= 15 is 0 Å². The highest BCUT2D eigenvalue weighted by atomic mass is 35.5.